The molecule has 1 unspecified atom stereocenters. The number of benzene rings is 1. The molecule has 0 radical (unpaired) electrons. The van der Waals surface area contributed by atoms with Crippen LogP contribution in [-0.2, 0) is 5.60 Å². The van der Waals surface area contributed by atoms with Crippen molar-refractivity contribution in [3.63, 3.8) is 0 Å². The van der Waals surface area contributed by atoms with Crippen LogP contribution >= 0.6 is 11.3 Å². The van der Waals surface area contributed by atoms with Gasteiger partial charge in [0, 0.05) is 13.1 Å². The molecule has 1 N–H and O–H groups in total. The molecule has 0 aliphatic carbocycles. The van der Waals surface area contributed by atoms with E-state index in [1.807, 2.05) is 52.7 Å². The van der Waals surface area contributed by atoms with Gasteiger partial charge >= 0.3 is 0 Å². The topological polar surface area (TPSA) is 43.8 Å². The molecule has 4 rings (SSSR count). The van der Waals surface area contributed by atoms with Crippen LogP contribution in [0.1, 0.15) is 34.5 Å². The van der Waals surface area contributed by atoms with Crippen LogP contribution in [0.5, 0.6) is 0 Å². The molecule has 1 amide bonds. The van der Waals surface area contributed by atoms with Gasteiger partial charge in [-0.25, -0.2) is 0 Å². The molecule has 1 aromatic carbocycles. The monoisotopic (exact) mass is 356 g/mol. The fourth-order valence-corrected chi connectivity index (χ4v) is 4.89. The van der Waals surface area contributed by atoms with Crippen LogP contribution < -0.4 is 0 Å². The zero-order valence-electron chi connectivity index (χ0n) is 14.3. The van der Waals surface area contributed by atoms with Crippen LogP contribution in [0.4, 0.5) is 0 Å². The molecule has 2 aromatic rings. The smallest absolute Gasteiger partial charge is 0.263 e. The lowest BCUT2D eigenvalue weighted by atomic mass is 9.79. The summed E-state index contributed by atoms with van der Waals surface area (Å²) in [5.74, 6) is 0.0920. The Labute approximate surface area is 152 Å². The van der Waals surface area contributed by atoms with E-state index >= 15 is 0 Å². The lowest BCUT2D eigenvalue weighted by molar-refractivity contribution is -0.0877. The summed E-state index contributed by atoms with van der Waals surface area (Å²) in [6, 6.07) is 13.7. The van der Waals surface area contributed by atoms with Gasteiger partial charge in [0.15, 0.2) is 0 Å². The van der Waals surface area contributed by atoms with Gasteiger partial charge in [-0.05, 0) is 49.4 Å². The van der Waals surface area contributed by atoms with Crippen molar-refractivity contribution in [2.45, 2.75) is 30.9 Å². The second-order valence-corrected chi connectivity index (χ2v) is 7.98. The lowest BCUT2D eigenvalue weighted by Gasteiger charge is -2.48. The Morgan fingerprint density at radius 3 is 2.52 bits per heavy atom. The number of hydrogen-bond donors (Lipinski definition) is 1. The van der Waals surface area contributed by atoms with Gasteiger partial charge in [0.1, 0.15) is 5.60 Å². The molecule has 0 saturated carbocycles. The van der Waals surface area contributed by atoms with Crippen molar-refractivity contribution < 1.29 is 9.90 Å². The van der Waals surface area contributed by atoms with Crippen molar-refractivity contribution in [2.24, 2.45) is 0 Å². The standard InChI is InChI=1S/C20H24N2O2S/c23-19(17-9-6-14-25-17)22-13-10-20(24,16-7-2-1-3-8-16)18(15-22)21-11-4-5-12-21/h1-3,6-9,14,18,24H,4-5,10-13,15H2/t18-,20?/m1/s1. The molecule has 2 saturated heterocycles. The van der Waals surface area contributed by atoms with Crippen molar-refractivity contribution in [2.75, 3.05) is 26.2 Å². The first-order valence-electron chi connectivity index (χ1n) is 9.03. The van der Waals surface area contributed by atoms with E-state index in [1.54, 1.807) is 0 Å². The first kappa shape index (κ1) is 16.8. The average Bonchev–Trinajstić information content (AvgIpc) is 3.36. The summed E-state index contributed by atoms with van der Waals surface area (Å²) in [4.78, 5) is 17.9. The normalized spacial score (nSPS) is 27.6. The molecule has 4 nitrogen and oxygen atoms in total. The molecule has 2 atom stereocenters. The van der Waals surface area contributed by atoms with Gasteiger partial charge in [-0.1, -0.05) is 36.4 Å². The number of carbonyl (C=O) groups is 1. The van der Waals surface area contributed by atoms with Crippen molar-refractivity contribution in [1.82, 2.24) is 9.80 Å². The maximum absolute atomic E-state index is 12.8. The van der Waals surface area contributed by atoms with E-state index in [2.05, 4.69) is 4.90 Å². The predicted octanol–water partition coefficient (Wildman–Crippen LogP) is 2.95. The Balaban J connectivity index is 1.62. The van der Waals surface area contributed by atoms with Gasteiger partial charge in [-0.2, -0.15) is 0 Å². The van der Waals surface area contributed by atoms with E-state index in [4.69, 9.17) is 0 Å². The van der Waals surface area contributed by atoms with Gasteiger partial charge < -0.3 is 10.0 Å². The summed E-state index contributed by atoms with van der Waals surface area (Å²) in [5, 5.41) is 13.6. The van der Waals surface area contributed by atoms with Crippen LogP contribution in [0.15, 0.2) is 47.8 Å². The minimum atomic E-state index is -0.891. The fraction of sp³-hybridized carbons (Fsp3) is 0.450. The summed E-state index contributed by atoms with van der Waals surface area (Å²) in [6.45, 7) is 3.18. The predicted molar refractivity (Wildman–Crippen MR) is 99.8 cm³/mol. The van der Waals surface area contributed by atoms with Crippen LogP contribution in [0.3, 0.4) is 0 Å². The highest BCUT2D eigenvalue weighted by molar-refractivity contribution is 7.12. The third kappa shape index (κ3) is 3.12. The maximum Gasteiger partial charge on any atom is 0.263 e. The molecule has 2 aliphatic heterocycles. The minimum absolute atomic E-state index is 0.0462. The zero-order valence-corrected chi connectivity index (χ0v) is 15.1. The number of rotatable bonds is 3. The van der Waals surface area contributed by atoms with E-state index in [0.717, 1.165) is 23.5 Å². The summed E-state index contributed by atoms with van der Waals surface area (Å²) >= 11 is 1.49. The largest absolute Gasteiger partial charge is 0.383 e. The minimum Gasteiger partial charge on any atom is -0.383 e. The molecule has 0 spiro atoms. The molecule has 3 heterocycles. The third-order valence-corrected chi connectivity index (χ3v) is 6.44. The van der Waals surface area contributed by atoms with E-state index < -0.39 is 5.60 Å². The molecule has 1 aromatic heterocycles. The highest BCUT2D eigenvalue weighted by Crippen LogP contribution is 2.37. The highest BCUT2D eigenvalue weighted by atomic mass is 32.1. The Morgan fingerprint density at radius 1 is 1.08 bits per heavy atom. The molecule has 2 fully saturated rings. The number of thiophene rings is 1. The second-order valence-electron chi connectivity index (χ2n) is 7.03. The maximum atomic E-state index is 12.8. The number of aliphatic hydroxyl groups is 1. The van der Waals surface area contributed by atoms with Gasteiger partial charge in [0.05, 0.1) is 10.9 Å². The quantitative estimate of drug-likeness (QED) is 0.920. The van der Waals surface area contributed by atoms with Gasteiger partial charge in [-0.15, -0.1) is 11.3 Å². The summed E-state index contributed by atoms with van der Waals surface area (Å²) < 4.78 is 0. The van der Waals surface area contributed by atoms with Crippen molar-refractivity contribution in [1.29, 1.82) is 0 Å². The SMILES string of the molecule is O=C(c1cccs1)N1CCC(O)(c2ccccc2)[C@H](N2CCCC2)C1. The van der Waals surface area contributed by atoms with E-state index in [9.17, 15) is 9.90 Å². The van der Waals surface area contributed by atoms with Gasteiger partial charge in [0.25, 0.3) is 5.91 Å². The second kappa shape index (κ2) is 6.90. The van der Waals surface area contributed by atoms with Crippen LogP contribution in [0.2, 0.25) is 0 Å². The highest BCUT2D eigenvalue weighted by Gasteiger charge is 2.47. The van der Waals surface area contributed by atoms with Crippen molar-refractivity contribution >= 4 is 17.2 Å². The zero-order chi connectivity index (χ0) is 17.3. The number of carbonyl (C=O) groups excluding carboxylic acids is 1. The van der Waals surface area contributed by atoms with Crippen LogP contribution in [0.25, 0.3) is 0 Å². The Morgan fingerprint density at radius 2 is 1.84 bits per heavy atom. The van der Waals surface area contributed by atoms with E-state index in [-0.39, 0.29) is 11.9 Å². The van der Waals surface area contributed by atoms with E-state index in [1.165, 1.54) is 24.2 Å². The Hall–Kier alpha value is -1.69. The summed E-state index contributed by atoms with van der Waals surface area (Å²) in [6.07, 6.45) is 2.91. The number of piperidine rings is 1. The molecule has 5 heteroatoms. The molecule has 0 bridgehead atoms. The number of amides is 1. The average molecular weight is 356 g/mol. The number of likely N-dealkylation sites (tertiary alicyclic amines) is 2. The first-order chi connectivity index (χ1) is 12.2. The molecular weight excluding hydrogens is 332 g/mol. The number of nitrogens with zero attached hydrogens (tertiary/aromatic N) is 2. The summed E-state index contributed by atoms with van der Waals surface area (Å²) in [7, 11) is 0. The first-order valence-corrected chi connectivity index (χ1v) is 9.91. The Kier molecular flexibility index (Phi) is 4.63. The third-order valence-electron chi connectivity index (χ3n) is 5.58. The van der Waals surface area contributed by atoms with Crippen molar-refractivity contribution in [3.8, 4) is 0 Å². The molecule has 2 aliphatic rings. The summed E-state index contributed by atoms with van der Waals surface area (Å²) in [5.41, 5.74) is 0.0767. The van der Waals surface area contributed by atoms with Crippen molar-refractivity contribution in [3.05, 3.63) is 58.3 Å². The molecular formula is C20H24N2O2S. The molecule has 132 valence electrons. The van der Waals surface area contributed by atoms with E-state index in [0.29, 0.717) is 19.5 Å². The lowest BCUT2D eigenvalue weighted by Crippen LogP contribution is -2.61. The number of hydrogen-bond acceptors (Lipinski definition) is 4. The fourth-order valence-electron chi connectivity index (χ4n) is 4.20. The van der Waals surface area contributed by atoms with Gasteiger partial charge in [-0.3, -0.25) is 9.69 Å². The van der Waals surface area contributed by atoms with Crippen LogP contribution in [0, 0.1) is 0 Å². The Bertz CT molecular complexity index is 713. The molecule has 25 heavy (non-hydrogen) atoms. The van der Waals surface area contributed by atoms with Crippen LogP contribution in [-0.4, -0.2) is 53.0 Å². The van der Waals surface area contributed by atoms with Gasteiger partial charge in [0.2, 0.25) is 0 Å².